The Morgan fingerprint density at radius 3 is 2.47 bits per heavy atom. The third-order valence-corrected chi connectivity index (χ3v) is 6.29. The van der Waals surface area contributed by atoms with Gasteiger partial charge in [0.25, 0.3) is 11.8 Å². The molecule has 0 bridgehead atoms. The molecule has 9 heteroatoms. The maximum atomic E-state index is 12.5. The van der Waals surface area contributed by atoms with Crippen molar-refractivity contribution in [2.45, 2.75) is 13.3 Å². The summed E-state index contributed by atoms with van der Waals surface area (Å²) >= 11 is 18.6. The van der Waals surface area contributed by atoms with Crippen LogP contribution in [0.2, 0.25) is 10.0 Å². The summed E-state index contributed by atoms with van der Waals surface area (Å²) in [7, 11) is 0. The first-order valence-corrected chi connectivity index (χ1v) is 10.8. The summed E-state index contributed by atoms with van der Waals surface area (Å²) in [6, 6.07) is 14.4. The van der Waals surface area contributed by atoms with Gasteiger partial charge < -0.3 is 11.1 Å². The predicted molar refractivity (Wildman–Crippen MR) is 127 cm³/mol. The Morgan fingerprint density at radius 2 is 1.83 bits per heavy atom. The molecular formula is C21H17Cl2N3O2S2. The number of halogens is 2. The van der Waals surface area contributed by atoms with E-state index in [1.54, 1.807) is 6.07 Å². The van der Waals surface area contributed by atoms with Crippen LogP contribution in [0.1, 0.15) is 36.7 Å². The van der Waals surface area contributed by atoms with Crippen LogP contribution in [-0.4, -0.2) is 16.9 Å². The number of nitrogens with two attached hydrogens (primary N) is 1. The molecular weight excluding hydrogens is 461 g/mol. The van der Waals surface area contributed by atoms with Crippen LogP contribution in [-0.2, 0) is 6.42 Å². The summed E-state index contributed by atoms with van der Waals surface area (Å²) in [5.41, 5.74) is 8.07. The van der Waals surface area contributed by atoms with Crippen LogP contribution in [0.25, 0.3) is 0 Å². The topological polar surface area (TPSA) is 84.2 Å². The van der Waals surface area contributed by atoms with Crippen LogP contribution in [0.4, 0.5) is 5.00 Å². The Morgan fingerprint density at radius 1 is 1.13 bits per heavy atom. The van der Waals surface area contributed by atoms with E-state index in [1.165, 1.54) is 23.5 Å². The average Bonchev–Trinajstić information content (AvgIpc) is 2.97. The van der Waals surface area contributed by atoms with Gasteiger partial charge in [0.05, 0.1) is 16.1 Å². The molecule has 2 amide bonds. The van der Waals surface area contributed by atoms with Crippen molar-refractivity contribution in [2.24, 2.45) is 5.73 Å². The van der Waals surface area contributed by atoms with Crippen LogP contribution in [0.15, 0.2) is 48.5 Å². The van der Waals surface area contributed by atoms with Crippen LogP contribution in [0, 0.1) is 6.92 Å². The zero-order valence-electron chi connectivity index (χ0n) is 15.8. The minimum absolute atomic E-state index is 0.0287. The molecule has 3 aromatic rings. The molecule has 154 valence electrons. The van der Waals surface area contributed by atoms with E-state index >= 15 is 0 Å². The van der Waals surface area contributed by atoms with Gasteiger partial charge >= 0.3 is 0 Å². The third-order valence-electron chi connectivity index (χ3n) is 4.33. The van der Waals surface area contributed by atoms with Crippen LogP contribution in [0.5, 0.6) is 0 Å². The number of anilines is 1. The fourth-order valence-electron chi connectivity index (χ4n) is 2.87. The Bertz CT molecular complexity index is 1130. The Labute approximate surface area is 193 Å². The smallest absolute Gasteiger partial charge is 0.258 e. The minimum Gasteiger partial charge on any atom is -0.365 e. The lowest BCUT2D eigenvalue weighted by Gasteiger charge is -2.10. The highest BCUT2D eigenvalue weighted by atomic mass is 35.5. The van der Waals surface area contributed by atoms with Crippen molar-refractivity contribution in [2.75, 3.05) is 5.32 Å². The molecule has 30 heavy (non-hydrogen) atoms. The SMILES string of the molecule is Cc1c(Cc2ccccc2)sc(NC(=S)NC(=O)c2ccc(Cl)cc2Cl)c1C(N)=O. The van der Waals surface area contributed by atoms with Crippen molar-refractivity contribution in [3.05, 3.63) is 85.7 Å². The van der Waals surface area contributed by atoms with E-state index in [1.807, 2.05) is 37.3 Å². The molecule has 2 aromatic carbocycles. The number of rotatable bonds is 5. The zero-order chi connectivity index (χ0) is 21.8. The lowest BCUT2D eigenvalue weighted by atomic mass is 10.1. The average molecular weight is 478 g/mol. The number of amides is 2. The molecule has 0 aliphatic carbocycles. The van der Waals surface area contributed by atoms with E-state index in [0.29, 0.717) is 22.0 Å². The summed E-state index contributed by atoms with van der Waals surface area (Å²) in [6.45, 7) is 1.84. The lowest BCUT2D eigenvalue weighted by Crippen LogP contribution is -2.34. The van der Waals surface area contributed by atoms with Crippen molar-refractivity contribution >= 4 is 68.7 Å². The second kappa shape index (κ2) is 9.57. The molecule has 1 heterocycles. The number of hydrogen-bond donors (Lipinski definition) is 3. The Hall–Kier alpha value is -2.45. The number of benzene rings is 2. The highest BCUT2D eigenvalue weighted by Gasteiger charge is 2.21. The number of nitrogens with one attached hydrogen (secondary N) is 2. The highest BCUT2D eigenvalue weighted by molar-refractivity contribution is 7.80. The molecule has 0 saturated carbocycles. The van der Waals surface area contributed by atoms with E-state index in [9.17, 15) is 9.59 Å². The van der Waals surface area contributed by atoms with Crippen molar-refractivity contribution < 1.29 is 9.59 Å². The number of hydrogen-bond acceptors (Lipinski definition) is 4. The fourth-order valence-corrected chi connectivity index (χ4v) is 4.88. The molecule has 0 radical (unpaired) electrons. The number of primary amides is 1. The van der Waals surface area contributed by atoms with Gasteiger partial charge in [0, 0.05) is 16.3 Å². The monoisotopic (exact) mass is 477 g/mol. The molecule has 4 N–H and O–H groups in total. The Balaban J connectivity index is 1.79. The minimum atomic E-state index is -0.569. The van der Waals surface area contributed by atoms with Gasteiger partial charge in [0.1, 0.15) is 5.00 Å². The maximum absolute atomic E-state index is 12.5. The van der Waals surface area contributed by atoms with Gasteiger partial charge in [-0.2, -0.15) is 0 Å². The molecule has 5 nitrogen and oxygen atoms in total. The quantitative estimate of drug-likeness (QED) is 0.442. The van der Waals surface area contributed by atoms with Gasteiger partial charge in [0.2, 0.25) is 0 Å². The van der Waals surface area contributed by atoms with Gasteiger partial charge in [-0.25, -0.2) is 0 Å². The third kappa shape index (κ3) is 5.17. The zero-order valence-corrected chi connectivity index (χ0v) is 18.9. The lowest BCUT2D eigenvalue weighted by molar-refractivity contribution is 0.0975. The van der Waals surface area contributed by atoms with Crippen LogP contribution in [0.3, 0.4) is 0 Å². The van der Waals surface area contributed by atoms with E-state index in [0.717, 1.165) is 16.0 Å². The summed E-state index contributed by atoms with van der Waals surface area (Å²) in [5, 5.41) is 6.62. The molecule has 0 atom stereocenters. The van der Waals surface area contributed by atoms with E-state index < -0.39 is 11.8 Å². The fraction of sp³-hybridized carbons (Fsp3) is 0.0952. The van der Waals surface area contributed by atoms with E-state index in [2.05, 4.69) is 10.6 Å². The van der Waals surface area contributed by atoms with Gasteiger partial charge in [-0.05, 0) is 48.5 Å². The molecule has 0 saturated heterocycles. The second-order valence-corrected chi connectivity index (χ2v) is 8.77. The highest BCUT2D eigenvalue weighted by Crippen LogP contribution is 2.34. The number of carbonyl (C=O) groups is 2. The summed E-state index contributed by atoms with van der Waals surface area (Å²) in [6.07, 6.45) is 0.652. The molecule has 3 rings (SSSR count). The van der Waals surface area contributed by atoms with Crippen molar-refractivity contribution in [3.63, 3.8) is 0 Å². The first-order valence-electron chi connectivity index (χ1n) is 8.79. The van der Waals surface area contributed by atoms with Gasteiger partial charge in [-0.3, -0.25) is 14.9 Å². The number of carbonyl (C=O) groups excluding carboxylic acids is 2. The maximum Gasteiger partial charge on any atom is 0.258 e. The van der Waals surface area contributed by atoms with E-state index in [4.69, 9.17) is 41.2 Å². The molecule has 0 aliphatic rings. The number of thiophene rings is 1. The normalized spacial score (nSPS) is 10.5. The summed E-state index contributed by atoms with van der Waals surface area (Å²) in [5.74, 6) is -1.06. The molecule has 0 spiro atoms. The van der Waals surface area contributed by atoms with Crippen molar-refractivity contribution in [1.82, 2.24) is 5.32 Å². The predicted octanol–water partition coefficient (Wildman–Crippen LogP) is 5.18. The van der Waals surface area contributed by atoms with E-state index in [-0.39, 0.29) is 15.7 Å². The number of thiocarbonyl (C=S) groups is 1. The molecule has 0 unspecified atom stereocenters. The molecule has 0 fully saturated rings. The first kappa shape index (κ1) is 22.2. The van der Waals surface area contributed by atoms with Crippen LogP contribution < -0.4 is 16.4 Å². The van der Waals surface area contributed by atoms with Gasteiger partial charge in [-0.15, -0.1) is 11.3 Å². The molecule has 1 aromatic heterocycles. The van der Waals surface area contributed by atoms with Gasteiger partial charge in [-0.1, -0.05) is 53.5 Å². The van der Waals surface area contributed by atoms with Crippen molar-refractivity contribution in [3.8, 4) is 0 Å². The van der Waals surface area contributed by atoms with Crippen molar-refractivity contribution in [1.29, 1.82) is 0 Å². The Kier molecular flexibility index (Phi) is 7.10. The first-order chi connectivity index (χ1) is 14.3. The second-order valence-electron chi connectivity index (χ2n) is 6.41. The molecule has 0 aliphatic heterocycles. The largest absolute Gasteiger partial charge is 0.365 e. The standard InChI is InChI=1S/C21H17Cl2N3O2S2/c1-11-16(9-12-5-3-2-4-6-12)30-20(17(11)18(24)27)26-21(29)25-19(28)14-8-7-13(22)10-15(14)23/h2-8,10H,9H2,1H3,(H2,24,27)(H2,25,26,28,29). The summed E-state index contributed by atoms with van der Waals surface area (Å²) < 4.78 is 0. The van der Waals surface area contributed by atoms with Crippen LogP contribution >= 0.6 is 46.8 Å². The summed E-state index contributed by atoms with van der Waals surface area (Å²) in [4.78, 5) is 25.5. The van der Waals surface area contributed by atoms with Gasteiger partial charge in [0.15, 0.2) is 5.11 Å².